The first-order valence-electron chi connectivity index (χ1n) is 5.77. The van der Waals surface area contributed by atoms with Gasteiger partial charge in [-0.05, 0) is 13.0 Å². The van der Waals surface area contributed by atoms with Gasteiger partial charge in [-0.15, -0.1) is 6.42 Å². The Hall–Kier alpha value is -2.55. The number of carbonyl (C=O) groups excluding carboxylic acids is 2. The zero-order valence-electron chi connectivity index (χ0n) is 10.6. The molecule has 0 aliphatic rings. The summed E-state index contributed by atoms with van der Waals surface area (Å²) < 4.78 is 1.18. The molecule has 0 radical (unpaired) electrons. The number of pyridine rings is 1. The molecule has 0 saturated carbocycles. The summed E-state index contributed by atoms with van der Waals surface area (Å²) in [6, 6.07) is 2.63. The number of hydrogen-bond acceptors (Lipinski definition) is 3. The van der Waals surface area contributed by atoms with E-state index in [2.05, 4.69) is 16.6 Å². The van der Waals surface area contributed by atoms with Gasteiger partial charge in [0.1, 0.15) is 6.54 Å². The van der Waals surface area contributed by atoms with Crippen molar-refractivity contribution in [2.45, 2.75) is 13.5 Å². The number of aromatic nitrogens is 1. The molecule has 1 aromatic rings. The molecule has 2 N–H and O–H groups in total. The standard InChI is InChI=1S/C13H15N3O3/c1-3-7-15-13(19)10-5-6-12(18)16(8-10)9-11(17)14-4-2/h1,5-6,8H,4,7,9H2,2H3,(H,14,17)(H,15,19). The van der Waals surface area contributed by atoms with E-state index in [1.165, 1.54) is 22.9 Å². The topological polar surface area (TPSA) is 80.2 Å². The Labute approximate surface area is 110 Å². The molecule has 0 aromatic carbocycles. The van der Waals surface area contributed by atoms with Crippen molar-refractivity contribution in [2.24, 2.45) is 0 Å². The third-order valence-corrected chi connectivity index (χ3v) is 2.28. The largest absolute Gasteiger partial charge is 0.355 e. The van der Waals surface area contributed by atoms with E-state index in [1.807, 2.05) is 0 Å². The zero-order valence-corrected chi connectivity index (χ0v) is 10.6. The summed E-state index contributed by atoms with van der Waals surface area (Å²) in [6.07, 6.45) is 6.37. The van der Waals surface area contributed by atoms with Crippen LogP contribution >= 0.6 is 0 Å². The van der Waals surface area contributed by atoms with Crippen LogP contribution < -0.4 is 16.2 Å². The van der Waals surface area contributed by atoms with E-state index < -0.39 is 0 Å². The molecule has 6 nitrogen and oxygen atoms in total. The highest BCUT2D eigenvalue weighted by Gasteiger charge is 2.08. The van der Waals surface area contributed by atoms with Crippen molar-refractivity contribution in [3.8, 4) is 12.3 Å². The summed E-state index contributed by atoms with van der Waals surface area (Å²) in [5, 5.41) is 5.06. The van der Waals surface area contributed by atoms with Crippen LogP contribution in [0.1, 0.15) is 17.3 Å². The van der Waals surface area contributed by atoms with Crippen molar-refractivity contribution in [3.05, 3.63) is 34.2 Å². The van der Waals surface area contributed by atoms with Crippen LogP contribution in [0.5, 0.6) is 0 Å². The van der Waals surface area contributed by atoms with Gasteiger partial charge in [0.2, 0.25) is 5.91 Å². The number of likely N-dealkylation sites (N-methyl/N-ethyl adjacent to an activating group) is 1. The van der Waals surface area contributed by atoms with Crippen LogP contribution in [0.4, 0.5) is 0 Å². The lowest BCUT2D eigenvalue weighted by molar-refractivity contribution is -0.121. The molecule has 0 fully saturated rings. The number of terminal acetylenes is 1. The monoisotopic (exact) mass is 261 g/mol. The number of amides is 2. The highest BCUT2D eigenvalue weighted by Crippen LogP contribution is 1.96. The van der Waals surface area contributed by atoms with Crippen molar-refractivity contribution in [1.82, 2.24) is 15.2 Å². The third-order valence-electron chi connectivity index (χ3n) is 2.28. The highest BCUT2D eigenvalue weighted by atomic mass is 16.2. The SMILES string of the molecule is C#CCNC(=O)c1ccc(=O)n(CC(=O)NCC)c1. The molecule has 6 heteroatoms. The summed E-state index contributed by atoms with van der Waals surface area (Å²) in [5.74, 6) is 1.61. The van der Waals surface area contributed by atoms with E-state index in [0.29, 0.717) is 6.54 Å². The van der Waals surface area contributed by atoms with Gasteiger partial charge in [-0.2, -0.15) is 0 Å². The average molecular weight is 261 g/mol. The maximum absolute atomic E-state index is 11.7. The quantitative estimate of drug-likeness (QED) is 0.691. The number of hydrogen-bond donors (Lipinski definition) is 2. The second-order valence-corrected chi connectivity index (χ2v) is 3.72. The van der Waals surface area contributed by atoms with Crippen molar-refractivity contribution >= 4 is 11.8 Å². The minimum atomic E-state index is -0.386. The van der Waals surface area contributed by atoms with Crippen molar-refractivity contribution in [2.75, 3.05) is 13.1 Å². The smallest absolute Gasteiger partial charge is 0.253 e. The van der Waals surface area contributed by atoms with Crippen LogP contribution in [0.25, 0.3) is 0 Å². The molecule has 0 unspecified atom stereocenters. The summed E-state index contributed by atoms with van der Waals surface area (Å²) in [4.78, 5) is 34.6. The van der Waals surface area contributed by atoms with E-state index in [0.717, 1.165) is 0 Å². The summed E-state index contributed by atoms with van der Waals surface area (Å²) in [7, 11) is 0. The van der Waals surface area contributed by atoms with Gasteiger partial charge in [0.25, 0.3) is 11.5 Å². The summed E-state index contributed by atoms with van der Waals surface area (Å²) in [6.45, 7) is 2.25. The summed E-state index contributed by atoms with van der Waals surface area (Å²) >= 11 is 0. The van der Waals surface area contributed by atoms with Crippen molar-refractivity contribution in [3.63, 3.8) is 0 Å². The van der Waals surface area contributed by atoms with Crippen LogP contribution in [-0.4, -0.2) is 29.5 Å². The predicted molar refractivity (Wildman–Crippen MR) is 70.6 cm³/mol. The molecule has 1 aromatic heterocycles. The fourth-order valence-corrected chi connectivity index (χ4v) is 1.43. The molecule has 0 aliphatic heterocycles. The van der Waals surface area contributed by atoms with E-state index in [9.17, 15) is 14.4 Å². The first-order valence-corrected chi connectivity index (χ1v) is 5.77. The molecule has 0 aliphatic carbocycles. The van der Waals surface area contributed by atoms with E-state index in [4.69, 9.17) is 6.42 Å². The normalized spacial score (nSPS) is 9.47. The minimum Gasteiger partial charge on any atom is -0.355 e. The molecule has 1 heterocycles. The Balaban J connectivity index is 2.88. The molecule has 2 amide bonds. The maximum atomic E-state index is 11.7. The Kier molecular flexibility index (Phi) is 5.35. The van der Waals surface area contributed by atoms with Gasteiger partial charge in [0.15, 0.2) is 0 Å². The molecular weight excluding hydrogens is 246 g/mol. The van der Waals surface area contributed by atoms with Gasteiger partial charge in [-0.25, -0.2) is 0 Å². The molecule has 19 heavy (non-hydrogen) atoms. The lowest BCUT2D eigenvalue weighted by atomic mass is 10.2. The van der Waals surface area contributed by atoms with Crippen LogP contribution in [0.15, 0.2) is 23.1 Å². The number of rotatable bonds is 5. The fourth-order valence-electron chi connectivity index (χ4n) is 1.43. The van der Waals surface area contributed by atoms with E-state index in [-0.39, 0.29) is 36.0 Å². The first-order chi connectivity index (χ1) is 9.08. The molecule has 0 atom stereocenters. The Morgan fingerprint density at radius 1 is 1.37 bits per heavy atom. The molecular formula is C13H15N3O3. The van der Waals surface area contributed by atoms with Crippen LogP contribution in [0, 0.1) is 12.3 Å². The van der Waals surface area contributed by atoms with Gasteiger partial charge >= 0.3 is 0 Å². The number of carbonyl (C=O) groups is 2. The van der Waals surface area contributed by atoms with E-state index >= 15 is 0 Å². The van der Waals surface area contributed by atoms with E-state index in [1.54, 1.807) is 6.92 Å². The maximum Gasteiger partial charge on any atom is 0.253 e. The average Bonchev–Trinajstić information content (AvgIpc) is 2.38. The lowest BCUT2D eigenvalue weighted by Crippen LogP contribution is -2.33. The minimum absolute atomic E-state index is 0.105. The van der Waals surface area contributed by atoms with Gasteiger partial charge in [0, 0.05) is 18.8 Å². The van der Waals surface area contributed by atoms with Gasteiger partial charge in [0.05, 0.1) is 12.1 Å². The fraction of sp³-hybridized carbons (Fsp3) is 0.308. The van der Waals surface area contributed by atoms with Crippen LogP contribution in [0.3, 0.4) is 0 Å². The second kappa shape index (κ2) is 7.01. The molecule has 0 saturated heterocycles. The van der Waals surface area contributed by atoms with Crippen LogP contribution in [0.2, 0.25) is 0 Å². The zero-order chi connectivity index (χ0) is 14.3. The Morgan fingerprint density at radius 3 is 2.74 bits per heavy atom. The Bertz CT molecular complexity index is 569. The Morgan fingerprint density at radius 2 is 2.11 bits per heavy atom. The van der Waals surface area contributed by atoms with Crippen molar-refractivity contribution < 1.29 is 9.59 Å². The van der Waals surface area contributed by atoms with Gasteiger partial charge in [-0.3, -0.25) is 14.4 Å². The van der Waals surface area contributed by atoms with Crippen molar-refractivity contribution in [1.29, 1.82) is 0 Å². The second-order valence-electron chi connectivity index (χ2n) is 3.72. The lowest BCUT2D eigenvalue weighted by Gasteiger charge is -2.08. The molecule has 0 spiro atoms. The molecule has 0 bridgehead atoms. The number of nitrogens with one attached hydrogen (secondary N) is 2. The number of nitrogens with zero attached hydrogens (tertiary/aromatic N) is 1. The molecule has 1 rings (SSSR count). The molecule has 100 valence electrons. The van der Waals surface area contributed by atoms with Gasteiger partial charge < -0.3 is 15.2 Å². The third kappa shape index (κ3) is 4.32. The van der Waals surface area contributed by atoms with Crippen LogP contribution in [-0.2, 0) is 11.3 Å². The van der Waals surface area contributed by atoms with Gasteiger partial charge in [-0.1, -0.05) is 5.92 Å². The summed E-state index contributed by atoms with van der Waals surface area (Å²) in [5.41, 5.74) is -0.0705. The highest BCUT2D eigenvalue weighted by molar-refractivity contribution is 5.94. The first kappa shape index (κ1) is 14.5. The predicted octanol–water partition coefficient (Wildman–Crippen LogP) is -0.653.